The molecule has 1 aromatic heterocycles. The van der Waals surface area contributed by atoms with Gasteiger partial charge in [-0.05, 0) is 13.0 Å². The van der Waals surface area contributed by atoms with E-state index in [2.05, 4.69) is 18.1 Å². The lowest BCUT2D eigenvalue weighted by molar-refractivity contribution is -0.422. The van der Waals surface area contributed by atoms with Crippen LogP contribution in [0.1, 0.15) is 29.4 Å². The average molecular weight is 218 g/mol. The maximum atomic E-state index is 10.6. The standard InChI is InChI=1S/C12H14N2O2/c1-5-10-11(7-8(3)14(15)16)9(4)13-12(10)6-2/h5-7,13H,1-2H2,3-4H3/b8-7+. The molecule has 0 spiro atoms. The van der Waals surface area contributed by atoms with Crippen LogP contribution in [0.3, 0.4) is 0 Å². The van der Waals surface area contributed by atoms with Crippen LogP contribution in [0.4, 0.5) is 0 Å². The molecule has 0 amide bonds. The molecule has 0 aromatic carbocycles. The number of aryl methyl sites for hydroxylation is 1. The smallest absolute Gasteiger partial charge is 0.243 e. The van der Waals surface area contributed by atoms with E-state index in [0.29, 0.717) is 0 Å². The summed E-state index contributed by atoms with van der Waals surface area (Å²) >= 11 is 0. The molecule has 0 saturated heterocycles. The number of H-pyrrole nitrogens is 1. The minimum Gasteiger partial charge on any atom is -0.358 e. The Morgan fingerprint density at radius 1 is 1.38 bits per heavy atom. The van der Waals surface area contributed by atoms with E-state index in [1.165, 1.54) is 13.0 Å². The molecule has 0 aliphatic rings. The molecule has 0 bridgehead atoms. The SMILES string of the molecule is C=Cc1[nH]c(C)c(/C=C(\C)[N+](=O)[O-])c1C=C. The summed E-state index contributed by atoms with van der Waals surface area (Å²) in [4.78, 5) is 13.3. The number of hydrogen-bond donors (Lipinski definition) is 1. The minimum absolute atomic E-state index is 0.0980. The third-order valence-corrected chi connectivity index (χ3v) is 2.36. The van der Waals surface area contributed by atoms with E-state index in [4.69, 9.17) is 0 Å². The molecule has 84 valence electrons. The van der Waals surface area contributed by atoms with Crippen LogP contribution in [0.15, 0.2) is 18.9 Å². The lowest BCUT2D eigenvalue weighted by Gasteiger charge is -1.95. The van der Waals surface area contributed by atoms with Gasteiger partial charge < -0.3 is 4.98 Å². The molecule has 0 aliphatic heterocycles. The number of rotatable bonds is 4. The van der Waals surface area contributed by atoms with E-state index in [9.17, 15) is 10.1 Å². The largest absolute Gasteiger partial charge is 0.358 e. The number of nitrogens with one attached hydrogen (secondary N) is 1. The molecular weight excluding hydrogens is 204 g/mol. The minimum atomic E-state index is -0.410. The maximum absolute atomic E-state index is 10.6. The first kappa shape index (κ1) is 12.0. The molecule has 0 radical (unpaired) electrons. The van der Waals surface area contributed by atoms with E-state index in [1.807, 2.05) is 6.92 Å². The van der Waals surface area contributed by atoms with Crippen LogP contribution in [-0.4, -0.2) is 9.91 Å². The molecule has 1 rings (SSSR count). The van der Waals surface area contributed by atoms with E-state index in [-0.39, 0.29) is 5.70 Å². The number of hydrogen-bond acceptors (Lipinski definition) is 2. The van der Waals surface area contributed by atoms with Crippen molar-refractivity contribution in [3.05, 3.63) is 51.5 Å². The van der Waals surface area contributed by atoms with E-state index < -0.39 is 4.92 Å². The summed E-state index contributed by atoms with van der Waals surface area (Å²) in [5, 5.41) is 10.6. The zero-order chi connectivity index (χ0) is 12.3. The molecule has 4 heteroatoms. The second-order valence-electron chi connectivity index (χ2n) is 3.44. The summed E-state index contributed by atoms with van der Waals surface area (Å²) in [7, 11) is 0. The fourth-order valence-electron chi connectivity index (χ4n) is 1.51. The molecule has 1 heterocycles. The van der Waals surface area contributed by atoms with Crippen molar-refractivity contribution in [1.29, 1.82) is 0 Å². The van der Waals surface area contributed by atoms with Crippen LogP contribution in [0.25, 0.3) is 18.2 Å². The second-order valence-corrected chi connectivity index (χ2v) is 3.44. The highest BCUT2D eigenvalue weighted by molar-refractivity contribution is 5.74. The van der Waals surface area contributed by atoms with Crippen molar-refractivity contribution < 1.29 is 4.92 Å². The van der Waals surface area contributed by atoms with Crippen molar-refractivity contribution in [1.82, 2.24) is 4.98 Å². The normalized spacial score (nSPS) is 11.2. The Labute approximate surface area is 94.1 Å². The number of aromatic amines is 1. The van der Waals surface area contributed by atoms with Gasteiger partial charge >= 0.3 is 0 Å². The summed E-state index contributed by atoms with van der Waals surface area (Å²) in [5.74, 6) is 0. The summed E-state index contributed by atoms with van der Waals surface area (Å²) in [6.45, 7) is 10.7. The third kappa shape index (κ3) is 2.11. The van der Waals surface area contributed by atoms with Crippen LogP contribution in [0, 0.1) is 17.0 Å². The Balaban J connectivity index is 3.38. The predicted molar refractivity (Wildman–Crippen MR) is 66.4 cm³/mol. The summed E-state index contributed by atoms with van der Waals surface area (Å²) in [5.41, 5.74) is 3.43. The van der Waals surface area contributed by atoms with Gasteiger partial charge in [-0.1, -0.05) is 19.2 Å². The molecule has 0 fully saturated rings. The van der Waals surface area contributed by atoms with Crippen molar-refractivity contribution >= 4 is 18.2 Å². The monoisotopic (exact) mass is 218 g/mol. The van der Waals surface area contributed by atoms with Gasteiger partial charge in [0.15, 0.2) is 0 Å². The van der Waals surface area contributed by atoms with Crippen LogP contribution in [-0.2, 0) is 0 Å². The van der Waals surface area contributed by atoms with Crippen molar-refractivity contribution in [3.63, 3.8) is 0 Å². The molecule has 1 aromatic rings. The van der Waals surface area contributed by atoms with E-state index >= 15 is 0 Å². The first-order valence-corrected chi connectivity index (χ1v) is 4.81. The molecule has 0 atom stereocenters. The van der Waals surface area contributed by atoms with Gasteiger partial charge in [0.2, 0.25) is 5.70 Å². The molecule has 0 saturated carbocycles. The van der Waals surface area contributed by atoms with Gasteiger partial charge in [-0.3, -0.25) is 10.1 Å². The molecular formula is C12H14N2O2. The lowest BCUT2D eigenvalue weighted by Crippen LogP contribution is -1.93. The zero-order valence-corrected chi connectivity index (χ0v) is 9.41. The van der Waals surface area contributed by atoms with Crippen LogP contribution < -0.4 is 0 Å². The average Bonchev–Trinajstić information content (AvgIpc) is 2.55. The first-order chi connectivity index (χ1) is 7.51. The van der Waals surface area contributed by atoms with Crippen LogP contribution >= 0.6 is 0 Å². The Hall–Kier alpha value is -2.10. The maximum Gasteiger partial charge on any atom is 0.243 e. The number of allylic oxidation sites excluding steroid dienone is 1. The van der Waals surface area contributed by atoms with Gasteiger partial charge in [0.25, 0.3) is 0 Å². The predicted octanol–water partition coefficient (Wildman–Crippen LogP) is 3.25. The topological polar surface area (TPSA) is 58.9 Å². The van der Waals surface area contributed by atoms with Gasteiger partial charge in [0, 0.05) is 35.5 Å². The van der Waals surface area contributed by atoms with Crippen LogP contribution in [0.5, 0.6) is 0 Å². The number of nitrogens with zero attached hydrogens (tertiary/aromatic N) is 1. The molecule has 4 nitrogen and oxygen atoms in total. The van der Waals surface area contributed by atoms with E-state index in [1.54, 1.807) is 12.2 Å². The highest BCUT2D eigenvalue weighted by atomic mass is 16.6. The Kier molecular flexibility index (Phi) is 3.45. The van der Waals surface area contributed by atoms with Crippen molar-refractivity contribution in [3.8, 4) is 0 Å². The number of nitro groups is 1. The highest BCUT2D eigenvalue weighted by Gasteiger charge is 2.11. The van der Waals surface area contributed by atoms with Crippen molar-refractivity contribution in [2.45, 2.75) is 13.8 Å². The molecule has 1 N–H and O–H groups in total. The van der Waals surface area contributed by atoms with Crippen molar-refractivity contribution in [2.24, 2.45) is 0 Å². The summed E-state index contributed by atoms with van der Waals surface area (Å²) < 4.78 is 0. The first-order valence-electron chi connectivity index (χ1n) is 4.81. The fourth-order valence-corrected chi connectivity index (χ4v) is 1.51. The Morgan fingerprint density at radius 2 is 2.00 bits per heavy atom. The van der Waals surface area contributed by atoms with Crippen molar-refractivity contribution in [2.75, 3.05) is 0 Å². The van der Waals surface area contributed by atoms with Gasteiger partial charge in [-0.25, -0.2) is 0 Å². The van der Waals surface area contributed by atoms with Gasteiger partial charge in [0.05, 0.1) is 4.92 Å². The van der Waals surface area contributed by atoms with Gasteiger partial charge in [-0.2, -0.15) is 0 Å². The molecule has 16 heavy (non-hydrogen) atoms. The Bertz CT molecular complexity index is 481. The van der Waals surface area contributed by atoms with Gasteiger partial charge in [0.1, 0.15) is 0 Å². The van der Waals surface area contributed by atoms with E-state index in [0.717, 1.165) is 22.5 Å². The van der Waals surface area contributed by atoms with Crippen LogP contribution in [0.2, 0.25) is 0 Å². The quantitative estimate of drug-likeness (QED) is 0.623. The Morgan fingerprint density at radius 3 is 2.44 bits per heavy atom. The summed E-state index contributed by atoms with van der Waals surface area (Å²) in [6, 6.07) is 0. The summed E-state index contributed by atoms with van der Waals surface area (Å²) in [6.07, 6.45) is 4.87. The van der Waals surface area contributed by atoms with Gasteiger partial charge in [-0.15, -0.1) is 0 Å². The lowest BCUT2D eigenvalue weighted by atomic mass is 10.1. The highest BCUT2D eigenvalue weighted by Crippen LogP contribution is 2.23. The second kappa shape index (κ2) is 4.61. The number of aromatic nitrogens is 1. The molecule has 0 unspecified atom stereocenters. The fraction of sp³-hybridized carbons (Fsp3) is 0.167. The molecule has 0 aliphatic carbocycles. The zero-order valence-electron chi connectivity index (χ0n) is 9.41. The third-order valence-electron chi connectivity index (χ3n) is 2.36.